The van der Waals surface area contributed by atoms with Crippen LogP contribution in [-0.4, -0.2) is 12.6 Å². The molecular weight excluding hydrogens is 171 g/mol. The highest BCUT2D eigenvalue weighted by atomic mass is 35.7. The Bertz CT molecular complexity index is 191. The van der Waals surface area contributed by atoms with Gasteiger partial charge < -0.3 is 0 Å². The highest BCUT2D eigenvalue weighted by Crippen LogP contribution is 2.49. The molecule has 0 aromatic heterocycles. The molecule has 0 bridgehead atoms. The van der Waals surface area contributed by atoms with Crippen LogP contribution in [0.1, 0.15) is 12.8 Å². The lowest BCUT2D eigenvalue weighted by atomic mass is 11.0. The Kier molecular flexibility index (Phi) is 1.26. The molecular formula is C3H4Cl2O2S. The van der Waals surface area contributed by atoms with Gasteiger partial charge in [0.1, 0.15) is 0 Å². The van der Waals surface area contributed by atoms with Crippen molar-refractivity contribution in [3.05, 3.63) is 0 Å². The van der Waals surface area contributed by atoms with Crippen LogP contribution in [0.3, 0.4) is 0 Å². The predicted octanol–water partition coefficient (Wildman–Crippen LogP) is 1.28. The first-order valence-corrected chi connectivity index (χ1v) is 4.78. The van der Waals surface area contributed by atoms with Crippen LogP contribution in [-0.2, 0) is 9.05 Å². The standard InChI is InChI=1S/C3H4Cl2O2S/c4-3(1-2-3)8(5,6)7/h1-2H2. The van der Waals surface area contributed by atoms with Gasteiger partial charge in [-0.05, 0) is 12.8 Å². The van der Waals surface area contributed by atoms with Crippen molar-refractivity contribution in [2.75, 3.05) is 0 Å². The first-order valence-electron chi connectivity index (χ1n) is 2.09. The molecule has 1 aliphatic rings. The fourth-order valence-electron chi connectivity index (χ4n) is 0.342. The minimum atomic E-state index is -3.49. The van der Waals surface area contributed by atoms with E-state index in [1.165, 1.54) is 0 Å². The van der Waals surface area contributed by atoms with Gasteiger partial charge >= 0.3 is 0 Å². The van der Waals surface area contributed by atoms with E-state index in [0.717, 1.165) is 0 Å². The second kappa shape index (κ2) is 1.52. The lowest BCUT2D eigenvalue weighted by Gasteiger charge is -1.95. The van der Waals surface area contributed by atoms with Crippen LogP contribution in [0.2, 0.25) is 0 Å². The Hall–Kier alpha value is 0.530. The van der Waals surface area contributed by atoms with Gasteiger partial charge in [-0.2, -0.15) is 0 Å². The van der Waals surface area contributed by atoms with Crippen molar-refractivity contribution in [3.8, 4) is 0 Å². The van der Waals surface area contributed by atoms with E-state index >= 15 is 0 Å². The van der Waals surface area contributed by atoms with E-state index in [1.54, 1.807) is 0 Å². The maximum Gasteiger partial charge on any atom is 0.252 e. The SMILES string of the molecule is O=S(=O)(Cl)C1(Cl)CC1. The van der Waals surface area contributed by atoms with Crippen LogP contribution in [0.15, 0.2) is 0 Å². The Labute approximate surface area is 57.2 Å². The molecule has 0 heterocycles. The van der Waals surface area contributed by atoms with E-state index in [2.05, 4.69) is 0 Å². The maximum absolute atomic E-state index is 10.3. The molecule has 0 amide bonds. The Balaban J connectivity index is 2.90. The molecule has 1 rings (SSSR count). The zero-order chi connectivity index (χ0) is 6.41. The van der Waals surface area contributed by atoms with E-state index in [4.69, 9.17) is 22.3 Å². The highest BCUT2D eigenvalue weighted by molar-refractivity contribution is 8.16. The second-order valence-electron chi connectivity index (χ2n) is 1.82. The molecule has 1 fully saturated rings. The van der Waals surface area contributed by atoms with Crippen molar-refractivity contribution in [1.82, 2.24) is 0 Å². The molecule has 5 heteroatoms. The van der Waals surface area contributed by atoms with Gasteiger partial charge in [0.25, 0.3) is 9.05 Å². The summed E-state index contributed by atoms with van der Waals surface area (Å²) in [5, 5.41) is 0. The number of alkyl halides is 1. The summed E-state index contributed by atoms with van der Waals surface area (Å²) in [6.07, 6.45) is 0.973. The number of hydrogen-bond donors (Lipinski definition) is 0. The topological polar surface area (TPSA) is 34.1 Å². The van der Waals surface area contributed by atoms with E-state index in [0.29, 0.717) is 12.8 Å². The molecule has 0 N–H and O–H groups in total. The van der Waals surface area contributed by atoms with Gasteiger partial charge in [0, 0.05) is 10.7 Å². The fraction of sp³-hybridized carbons (Fsp3) is 1.00. The van der Waals surface area contributed by atoms with Crippen LogP contribution >= 0.6 is 22.3 Å². The smallest absolute Gasteiger partial charge is 0.210 e. The van der Waals surface area contributed by atoms with Gasteiger partial charge in [0.05, 0.1) is 0 Å². The van der Waals surface area contributed by atoms with Crippen molar-refractivity contribution < 1.29 is 8.42 Å². The third-order valence-corrected chi connectivity index (χ3v) is 4.47. The zero-order valence-corrected chi connectivity index (χ0v) is 6.22. The largest absolute Gasteiger partial charge is 0.252 e. The van der Waals surface area contributed by atoms with Crippen LogP contribution in [0.4, 0.5) is 0 Å². The van der Waals surface area contributed by atoms with Gasteiger partial charge in [-0.25, -0.2) is 8.42 Å². The summed E-state index contributed by atoms with van der Waals surface area (Å²) >= 11 is 5.40. The van der Waals surface area contributed by atoms with Crippen LogP contribution in [0.25, 0.3) is 0 Å². The quantitative estimate of drug-likeness (QED) is 0.444. The van der Waals surface area contributed by atoms with Gasteiger partial charge in [-0.15, -0.1) is 11.6 Å². The van der Waals surface area contributed by atoms with Gasteiger partial charge in [-0.3, -0.25) is 0 Å². The molecule has 0 aromatic rings. The molecule has 0 spiro atoms. The monoisotopic (exact) mass is 174 g/mol. The summed E-state index contributed by atoms with van der Waals surface area (Å²) in [6.45, 7) is 0. The molecule has 2 nitrogen and oxygen atoms in total. The second-order valence-corrected chi connectivity index (χ2v) is 5.64. The van der Waals surface area contributed by atoms with Crippen molar-refractivity contribution >= 4 is 31.3 Å². The summed E-state index contributed by atoms with van der Waals surface area (Å²) < 4.78 is 19.6. The zero-order valence-electron chi connectivity index (χ0n) is 3.89. The first kappa shape index (κ1) is 6.65. The molecule has 8 heavy (non-hydrogen) atoms. The van der Waals surface area contributed by atoms with Crippen LogP contribution in [0, 0.1) is 0 Å². The van der Waals surface area contributed by atoms with Crippen LogP contribution < -0.4 is 0 Å². The predicted molar refractivity (Wildman–Crippen MR) is 32.6 cm³/mol. The van der Waals surface area contributed by atoms with E-state index in [9.17, 15) is 8.42 Å². The Morgan fingerprint density at radius 3 is 1.75 bits per heavy atom. The molecule has 0 aliphatic heterocycles. The lowest BCUT2D eigenvalue weighted by molar-refractivity contribution is 0.605. The lowest BCUT2D eigenvalue weighted by Crippen LogP contribution is -2.07. The highest BCUT2D eigenvalue weighted by Gasteiger charge is 2.52. The molecule has 0 atom stereocenters. The molecule has 0 saturated heterocycles. The Morgan fingerprint density at radius 2 is 1.75 bits per heavy atom. The van der Waals surface area contributed by atoms with E-state index < -0.39 is 13.3 Å². The summed E-state index contributed by atoms with van der Waals surface area (Å²) in [7, 11) is 1.42. The first-order chi connectivity index (χ1) is 3.46. The van der Waals surface area contributed by atoms with Crippen molar-refractivity contribution in [2.45, 2.75) is 17.0 Å². The number of rotatable bonds is 1. The van der Waals surface area contributed by atoms with Gasteiger partial charge in [0.2, 0.25) is 0 Å². The number of hydrogen-bond acceptors (Lipinski definition) is 2. The minimum Gasteiger partial charge on any atom is -0.210 e. The average Bonchev–Trinajstić information content (AvgIpc) is 2.16. The fourth-order valence-corrected chi connectivity index (χ4v) is 1.49. The minimum absolute atomic E-state index is 0.486. The van der Waals surface area contributed by atoms with Crippen LogP contribution in [0.5, 0.6) is 0 Å². The van der Waals surface area contributed by atoms with Crippen molar-refractivity contribution in [3.63, 3.8) is 0 Å². The molecule has 48 valence electrons. The maximum atomic E-state index is 10.3. The van der Waals surface area contributed by atoms with Crippen molar-refractivity contribution in [2.24, 2.45) is 0 Å². The molecule has 0 aromatic carbocycles. The molecule has 1 saturated carbocycles. The molecule has 0 radical (unpaired) electrons. The summed E-state index contributed by atoms with van der Waals surface area (Å²) in [5.41, 5.74) is 0. The van der Waals surface area contributed by atoms with E-state index in [-0.39, 0.29) is 0 Å². The normalized spacial score (nSPS) is 25.2. The summed E-state index contributed by atoms with van der Waals surface area (Å²) in [5.74, 6) is 0. The summed E-state index contributed by atoms with van der Waals surface area (Å²) in [6, 6.07) is 0. The van der Waals surface area contributed by atoms with Gasteiger partial charge in [0.15, 0.2) is 4.21 Å². The third-order valence-electron chi connectivity index (χ3n) is 1.08. The van der Waals surface area contributed by atoms with Gasteiger partial charge in [-0.1, -0.05) is 0 Å². The summed E-state index contributed by atoms with van der Waals surface area (Å²) in [4.78, 5) is 0. The number of halogens is 2. The van der Waals surface area contributed by atoms with E-state index in [1.807, 2.05) is 0 Å². The molecule has 0 unspecified atom stereocenters. The van der Waals surface area contributed by atoms with Crippen molar-refractivity contribution in [1.29, 1.82) is 0 Å². The molecule has 1 aliphatic carbocycles. The Morgan fingerprint density at radius 1 is 1.38 bits per heavy atom. The average molecular weight is 175 g/mol. The third kappa shape index (κ3) is 0.946.